The standard InChI is InChI=1S/C21H25ClN2O3S/c1-14(25)27-19-13-24(11-10-23-2)18-9-6-16(22)12-20(18)28-21(19)15-4-7-17(26-3)8-5-15/h4-9,12,19,21,23H,10-11,13H2,1-3H3. The Morgan fingerprint density at radius 1 is 1.29 bits per heavy atom. The van der Waals surface area contributed by atoms with Crippen molar-refractivity contribution in [3.63, 3.8) is 0 Å². The fourth-order valence-corrected chi connectivity index (χ4v) is 4.92. The summed E-state index contributed by atoms with van der Waals surface area (Å²) in [7, 11) is 3.58. The number of carbonyl (C=O) groups excluding carboxylic acids is 1. The van der Waals surface area contributed by atoms with Gasteiger partial charge in [0.05, 0.1) is 24.6 Å². The average Bonchev–Trinajstić information content (AvgIpc) is 2.82. The summed E-state index contributed by atoms with van der Waals surface area (Å²) in [6.07, 6.45) is -0.293. The number of ether oxygens (including phenoxy) is 2. The van der Waals surface area contributed by atoms with Crippen LogP contribution in [0.4, 0.5) is 5.69 Å². The number of nitrogens with zero attached hydrogens (tertiary/aromatic N) is 1. The summed E-state index contributed by atoms with van der Waals surface area (Å²) < 4.78 is 11.1. The van der Waals surface area contributed by atoms with Crippen molar-refractivity contribution in [2.75, 3.05) is 38.7 Å². The van der Waals surface area contributed by atoms with E-state index in [0.29, 0.717) is 11.6 Å². The predicted molar refractivity (Wildman–Crippen MR) is 115 cm³/mol. The molecular weight excluding hydrogens is 396 g/mol. The third kappa shape index (κ3) is 4.93. The maximum absolute atomic E-state index is 11.8. The number of benzene rings is 2. The predicted octanol–water partition coefficient (Wildman–Crippen LogP) is 4.15. The number of halogens is 1. The first-order valence-electron chi connectivity index (χ1n) is 9.18. The number of thioether (sulfide) groups is 1. The summed E-state index contributed by atoms with van der Waals surface area (Å²) in [5, 5.41) is 3.84. The average molecular weight is 421 g/mol. The van der Waals surface area contributed by atoms with E-state index in [0.717, 1.165) is 35.0 Å². The number of esters is 1. The first kappa shape index (κ1) is 20.8. The summed E-state index contributed by atoms with van der Waals surface area (Å²) in [5.74, 6) is 0.521. The van der Waals surface area contributed by atoms with Crippen molar-refractivity contribution < 1.29 is 14.3 Å². The van der Waals surface area contributed by atoms with Crippen LogP contribution in [0.1, 0.15) is 17.7 Å². The maximum Gasteiger partial charge on any atom is 0.303 e. The molecule has 1 heterocycles. The normalized spacial score (nSPS) is 18.9. The van der Waals surface area contributed by atoms with E-state index in [1.807, 2.05) is 49.5 Å². The number of rotatable bonds is 6. The fraction of sp³-hybridized carbons (Fsp3) is 0.381. The molecule has 0 amide bonds. The molecule has 0 saturated carbocycles. The molecule has 0 spiro atoms. The summed E-state index contributed by atoms with van der Waals surface area (Å²) in [6.45, 7) is 3.70. The molecule has 0 aliphatic carbocycles. The van der Waals surface area contributed by atoms with Crippen LogP contribution >= 0.6 is 23.4 Å². The van der Waals surface area contributed by atoms with E-state index < -0.39 is 0 Å². The zero-order valence-corrected chi connectivity index (χ0v) is 17.8. The van der Waals surface area contributed by atoms with Gasteiger partial charge in [0, 0.05) is 29.9 Å². The lowest BCUT2D eigenvalue weighted by Gasteiger charge is -2.29. The Labute approximate surface area is 175 Å². The molecule has 2 aromatic carbocycles. The summed E-state index contributed by atoms with van der Waals surface area (Å²) in [6, 6.07) is 13.9. The quantitative estimate of drug-likeness (QED) is 0.708. The van der Waals surface area contributed by atoms with E-state index in [4.69, 9.17) is 21.1 Å². The molecule has 7 heteroatoms. The van der Waals surface area contributed by atoms with E-state index in [1.165, 1.54) is 6.92 Å². The lowest BCUT2D eigenvalue weighted by molar-refractivity contribution is -0.145. The molecule has 0 saturated heterocycles. The van der Waals surface area contributed by atoms with Crippen LogP contribution in [-0.4, -0.2) is 45.9 Å². The molecule has 1 N–H and O–H groups in total. The van der Waals surface area contributed by atoms with Gasteiger partial charge in [0.15, 0.2) is 0 Å². The van der Waals surface area contributed by atoms with Gasteiger partial charge in [-0.05, 0) is 42.9 Å². The summed E-state index contributed by atoms with van der Waals surface area (Å²) in [4.78, 5) is 15.2. The number of hydrogen-bond donors (Lipinski definition) is 1. The molecular formula is C21H25ClN2O3S. The van der Waals surface area contributed by atoms with Crippen LogP contribution in [0.5, 0.6) is 5.75 Å². The lowest BCUT2D eigenvalue weighted by Crippen LogP contribution is -2.39. The van der Waals surface area contributed by atoms with Gasteiger partial charge in [0.1, 0.15) is 11.9 Å². The minimum absolute atomic E-state index is 0.0494. The van der Waals surface area contributed by atoms with Crippen molar-refractivity contribution in [3.05, 3.63) is 53.1 Å². The number of hydrogen-bond acceptors (Lipinski definition) is 6. The molecule has 28 heavy (non-hydrogen) atoms. The maximum atomic E-state index is 11.8. The molecule has 0 bridgehead atoms. The van der Waals surface area contributed by atoms with E-state index in [1.54, 1.807) is 18.9 Å². The third-order valence-electron chi connectivity index (χ3n) is 4.65. The van der Waals surface area contributed by atoms with Gasteiger partial charge >= 0.3 is 5.97 Å². The van der Waals surface area contributed by atoms with Crippen LogP contribution in [0.25, 0.3) is 0 Å². The minimum atomic E-state index is -0.293. The number of carbonyl (C=O) groups is 1. The molecule has 0 radical (unpaired) electrons. The smallest absolute Gasteiger partial charge is 0.303 e. The van der Waals surface area contributed by atoms with Crippen molar-refractivity contribution in [3.8, 4) is 5.75 Å². The highest BCUT2D eigenvalue weighted by molar-refractivity contribution is 7.99. The SMILES string of the molecule is CNCCN1CC(OC(C)=O)C(c2ccc(OC)cc2)Sc2cc(Cl)ccc21. The van der Waals surface area contributed by atoms with E-state index in [2.05, 4.69) is 10.2 Å². The van der Waals surface area contributed by atoms with Crippen molar-refractivity contribution >= 4 is 35.0 Å². The molecule has 2 atom stereocenters. The Morgan fingerprint density at radius 2 is 2.04 bits per heavy atom. The summed E-state index contributed by atoms with van der Waals surface area (Å²) in [5.41, 5.74) is 2.19. The van der Waals surface area contributed by atoms with Crippen LogP contribution in [0.15, 0.2) is 47.4 Å². The first-order valence-corrected chi connectivity index (χ1v) is 10.4. The Balaban J connectivity index is 2.02. The largest absolute Gasteiger partial charge is 0.497 e. The van der Waals surface area contributed by atoms with Crippen molar-refractivity contribution in [2.24, 2.45) is 0 Å². The van der Waals surface area contributed by atoms with Crippen LogP contribution < -0.4 is 15.0 Å². The van der Waals surface area contributed by atoms with Crippen molar-refractivity contribution in [2.45, 2.75) is 23.2 Å². The number of likely N-dealkylation sites (N-methyl/N-ethyl adjacent to an activating group) is 1. The number of fused-ring (bicyclic) bond motifs is 1. The Morgan fingerprint density at radius 3 is 2.68 bits per heavy atom. The van der Waals surface area contributed by atoms with Gasteiger partial charge in [-0.1, -0.05) is 23.7 Å². The van der Waals surface area contributed by atoms with Crippen molar-refractivity contribution in [1.29, 1.82) is 0 Å². The van der Waals surface area contributed by atoms with Crippen molar-refractivity contribution in [1.82, 2.24) is 5.32 Å². The molecule has 0 aromatic heterocycles. The Hall–Kier alpha value is -1.89. The fourth-order valence-electron chi connectivity index (χ4n) is 3.31. The van der Waals surface area contributed by atoms with E-state index >= 15 is 0 Å². The summed E-state index contributed by atoms with van der Waals surface area (Å²) >= 11 is 7.97. The van der Waals surface area contributed by atoms with E-state index in [9.17, 15) is 4.79 Å². The van der Waals surface area contributed by atoms with E-state index in [-0.39, 0.29) is 17.3 Å². The highest BCUT2D eigenvalue weighted by Crippen LogP contribution is 2.47. The lowest BCUT2D eigenvalue weighted by atomic mass is 10.1. The van der Waals surface area contributed by atoms with Gasteiger partial charge in [-0.2, -0.15) is 0 Å². The molecule has 1 aliphatic rings. The van der Waals surface area contributed by atoms with Gasteiger partial charge in [0.25, 0.3) is 0 Å². The van der Waals surface area contributed by atoms with Gasteiger partial charge in [0.2, 0.25) is 0 Å². The monoisotopic (exact) mass is 420 g/mol. The molecule has 2 unspecified atom stereocenters. The van der Waals surface area contributed by atoms with Crippen LogP contribution in [0.2, 0.25) is 5.02 Å². The van der Waals surface area contributed by atoms with Gasteiger partial charge < -0.3 is 19.7 Å². The van der Waals surface area contributed by atoms with Gasteiger partial charge in [-0.25, -0.2) is 0 Å². The number of anilines is 1. The Kier molecular flexibility index (Phi) is 7.10. The molecule has 2 aromatic rings. The highest BCUT2D eigenvalue weighted by Gasteiger charge is 2.34. The van der Waals surface area contributed by atoms with Gasteiger partial charge in [-0.15, -0.1) is 11.8 Å². The molecule has 150 valence electrons. The molecule has 5 nitrogen and oxygen atoms in total. The number of methoxy groups -OCH3 is 1. The minimum Gasteiger partial charge on any atom is -0.497 e. The number of nitrogens with one attached hydrogen (secondary N) is 1. The molecule has 3 rings (SSSR count). The first-order chi connectivity index (χ1) is 13.5. The molecule has 0 fully saturated rings. The third-order valence-corrected chi connectivity index (χ3v) is 6.29. The molecule has 1 aliphatic heterocycles. The van der Waals surface area contributed by atoms with Crippen LogP contribution in [0, 0.1) is 0 Å². The topological polar surface area (TPSA) is 50.8 Å². The zero-order valence-electron chi connectivity index (χ0n) is 16.3. The second kappa shape index (κ2) is 9.54. The van der Waals surface area contributed by atoms with Crippen LogP contribution in [0.3, 0.4) is 0 Å². The highest BCUT2D eigenvalue weighted by atomic mass is 35.5. The Bertz CT molecular complexity index is 816. The van der Waals surface area contributed by atoms with Gasteiger partial charge in [-0.3, -0.25) is 4.79 Å². The second-order valence-electron chi connectivity index (χ2n) is 6.62. The second-order valence-corrected chi connectivity index (χ2v) is 8.24. The zero-order chi connectivity index (χ0) is 20.1. The van der Waals surface area contributed by atoms with Crippen LogP contribution in [-0.2, 0) is 9.53 Å².